The minimum Gasteiger partial charge on any atom is -0.497 e. The van der Waals surface area contributed by atoms with Gasteiger partial charge in [0.25, 0.3) is 0 Å². The molecule has 2 aromatic rings. The van der Waals surface area contributed by atoms with E-state index < -0.39 is 10.0 Å². The molecule has 0 radical (unpaired) electrons. The molecule has 0 aromatic heterocycles. The molecule has 0 bridgehead atoms. The van der Waals surface area contributed by atoms with Crippen molar-refractivity contribution in [3.63, 3.8) is 0 Å². The molecule has 0 atom stereocenters. The first kappa shape index (κ1) is 22.9. The van der Waals surface area contributed by atoms with Gasteiger partial charge in [-0.3, -0.25) is 9.69 Å². The first-order valence-corrected chi connectivity index (χ1v) is 11.0. The summed E-state index contributed by atoms with van der Waals surface area (Å²) in [6, 6.07) is 13.9. The molecule has 2 rings (SSSR count). The predicted octanol–water partition coefficient (Wildman–Crippen LogP) is 2.80. The van der Waals surface area contributed by atoms with Crippen LogP contribution in [0.2, 0.25) is 0 Å². The van der Waals surface area contributed by atoms with Crippen LogP contribution in [0.5, 0.6) is 5.75 Å². The standard InChI is InChI=1S/C21H29N3O4S/c1-5-24(6-2)29(26,27)20-12-10-18(11-13-20)22-21(25)16-23(3)15-17-8-7-9-19(14-17)28-4/h7-14H,5-6,15-16H2,1-4H3,(H,22,25). The van der Waals surface area contributed by atoms with Crippen molar-refractivity contribution in [2.75, 3.05) is 39.1 Å². The molecule has 0 saturated heterocycles. The normalized spacial score (nSPS) is 11.7. The molecule has 0 heterocycles. The zero-order valence-corrected chi connectivity index (χ0v) is 18.2. The Hall–Kier alpha value is -2.42. The lowest BCUT2D eigenvalue weighted by atomic mass is 10.2. The van der Waals surface area contributed by atoms with E-state index >= 15 is 0 Å². The van der Waals surface area contributed by atoms with Crippen LogP contribution in [-0.4, -0.2) is 57.3 Å². The number of hydrogen-bond donors (Lipinski definition) is 1. The third kappa shape index (κ3) is 6.28. The molecule has 7 nitrogen and oxygen atoms in total. The molecular formula is C21H29N3O4S. The molecule has 158 valence electrons. The average Bonchev–Trinajstić information content (AvgIpc) is 2.69. The van der Waals surface area contributed by atoms with Crippen LogP contribution in [0, 0.1) is 0 Å². The van der Waals surface area contributed by atoms with Crippen LogP contribution in [0.1, 0.15) is 19.4 Å². The van der Waals surface area contributed by atoms with Crippen molar-refractivity contribution in [2.45, 2.75) is 25.3 Å². The first-order chi connectivity index (χ1) is 13.8. The van der Waals surface area contributed by atoms with E-state index in [0.29, 0.717) is 25.3 Å². The largest absolute Gasteiger partial charge is 0.497 e. The Kier molecular flexibility index (Phi) is 8.19. The molecule has 0 saturated carbocycles. The Balaban J connectivity index is 1.95. The maximum Gasteiger partial charge on any atom is 0.243 e. The third-order valence-electron chi connectivity index (χ3n) is 4.48. The number of hydrogen-bond acceptors (Lipinski definition) is 5. The maximum absolute atomic E-state index is 12.5. The molecular weight excluding hydrogens is 390 g/mol. The summed E-state index contributed by atoms with van der Waals surface area (Å²) >= 11 is 0. The minimum absolute atomic E-state index is 0.172. The second-order valence-electron chi connectivity index (χ2n) is 6.69. The van der Waals surface area contributed by atoms with Crippen LogP contribution in [0.25, 0.3) is 0 Å². The van der Waals surface area contributed by atoms with E-state index in [0.717, 1.165) is 11.3 Å². The number of nitrogens with one attached hydrogen (secondary N) is 1. The monoisotopic (exact) mass is 419 g/mol. The molecule has 8 heteroatoms. The second-order valence-corrected chi connectivity index (χ2v) is 8.62. The van der Waals surface area contributed by atoms with E-state index in [4.69, 9.17) is 4.74 Å². The van der Waals surface area contributed by atoms with Gasteiger partial charge >= 0.3 is 0 Å². The van der Waals surface area contributed by atoms with E-state index in [2.05, 4.69) is 5.32 Å². The topological polar surface area (TPSA) is 79.0 Å². The Morgan fingerprint density at radius 3 is 2.31 bits per heavy atom. The van der Waals surface area contributed by atoms with Crippen LogP contribution >= 0.6 is 0 Å². The van der Waals surface area contributed by atoms with Crippen LogP contribution in [0.15, 0.2) is 53.4 Å². The Labute approximate surface area is 173 Å². The number of amides is 1. The van der Waals surface area contributed by atoms with Gasteiger partial charge in [0, 0.05) is 25.3 Å². The first-order valence-electron chi connectivity index (χ1n) is 9.51. The highest BCUT2D eigenvalue weighted by molar-refractivity contribution is 7.89. The zero-order chi connectivity index (χ0) is 21.4. The van der Waals surface area contributed by atoms with Gasteiger partial charge < -0.3 is 10.1 Å². The molecule has 0 unspecified atom stereocenters. The molecule has 0 aliphatic carbocycles. The fourth-order valence-electron chi connectivity index (χ4n) is 3.01. The van der Waals surface area contributed by atoms with Crippen LogP contribution in [-0.2, 0) is 21.4 Å². The predicted molar refractivity (Wildman–Crippen MR) is 115 cm³/mol. The number of nitrogens with zero attached hydrogens (tertiary/aromatic N) is 2. The van der Waals surface area contributed by atoms with Gasteiger partial charge in [0.05, 0.1) is 18.6 Å². The van der Waals surface area contributed by atoms with Gasteiger partial charge in [-0.25, -0.2) is 8.42 Å². The molecule has 0 spiro atoms. The van der Waals surface area contributed by atoms with Crippen LogP contribution in [0.3, 0.4) is 0 Å². The van der Waals surface area contributed by atoms with E-state index in [9.17, 15) is 13.2 Å². The molecule has 0 aliphatic heterocycles. The summed E-state index contributed by atoms with van der Waals surface area (Å²) in [7, 11) is -0.0239. The summed E-state index contributed by atoms with van der Waals surface area (Å²) < 4.78 is 31.6. The summed E-state index contributed by atoms with van der Waals surface area (Å²) in [5.41, 5.74) is 1.61. The number of carbonyl (C=O) groups excluding carboxylic acids is 1. The quantitative estimate of drug-likeness (QED) is 0.641. The molecule has 29 heavy (non-hydrogen) atoms. The molecule has 0 aliphatic rings. The van der Waals surface area contributed by atoms with Gasteiger partial charge in [-0.1, -0.05) is 26.0 Å². The number of carbonyl (C=O) groups is 1. The SMILES string of the molecule is CCN(CC)S(=O)(=O)c1ccc(NC(=O)CN(C)Cc2cccc(OC)c2)cc1. The second kappa shape index (κ2) is 10.4. The summed E-state index contributed by atoms with van der Waals surface area (Å²) in [5, 5.41) is 2.80. The maximum atomic E-state index is 12.5. The number of sulfonamides is 1. The summed E-state index contributed by atoms with van der Waals surface area (Å²) in [6.45, 7) is 5.24. The van der Waals surface area contributed by atoms with E-state index in [1.54, 1.807) is 33.1 Å². The number of methoxy groups -OCH3 is 1. The van der Waals surface area contributed by atoms with E-state index in [1.807, 2.05) is 36.2 Å². The highest BCUT2D eigenvalue weighted by Gasteiger charge is 2.21. The number of anilines is 1. The minimum atomic E-state index is -3.50. The summed E-state index contributed by atoms with van der Waals surface area (Å²) in [6.07, 6.45) is 0. The van der Waals surface area contributed by atoms with Gasteiger partial charge in [0.1, 0.15) is 5.75 Å². The van der Waals surface area contributed by atoms with Gasteiger partial charge in [-0.2, -0.15) is 4.31 Å². The Bertz CT molecular complexity index is 910. The number of ether oxygens (including phenoxy) is 1. The number of likely N-dealkylation sites (N-methyl/N-ethyl adjacent to an activating group) is 1. The van der Waals surface area contributed by atoms with Crippen molar-refractivity contribution >= 4 is 21.6 Å². The van der Waals surface area contributed by atoms with Crippen LogP contribution < -0.4 is 10.1 Å². The fraction of sp³-hybridized carbons (Fsp3) is 0.381. The van der Waals surface area contributed by atoms with E-state index in [1.165, 1.54) is 16.4 Å². The number of benzene rings is 2. The van der Waals surface area contributed by atoms with Crippen molar-refractivity contribution in [1.29, 1.82) is 0 Å². The fourth-order valence-corrected chi connectivity index (χ4v) is 4.46. The lowest BCUT2D eigenvalue weighted by Gasteiger charge is -2.19. The Morgan fingerprint density at radius 2 is 1.72 bits per heavy atom. The van der Waals surface area contributed by atoms with Gasteiger partial charge in [0.2, 0.25) is 15.9 Å². The van der Waals surface area contributed by atoms with Crippen molar-refractivity contribution in [1.82, 2.24) is 9.21 Å². The zero-order valence-electron chi connectivity index (χ0n) is 17.4. The average molecular weight is 420 g/mol. The molecule has 1 N–H and O–H groups in total. The molecule has 2 aromatic carbocycles. The lowest BCUT2D eigenvalue weighted by Crippen LogP contribution is -2.31. The van der Waals surface area contributed by atoms with Crippen molar-refractivity contribution in [2.24, 2.45) is 0 Å². The van der Waals surface area contributed by atoms with Gasteiger partial charge in [-0.05, 0) is 49.0 Å². The van der Waals surface area contributed by atoms with Crippen molar-refractivity contribution in [3.8, 4) is 5.75 Å². The third-order valence-corrected chi connectivity index (χ3v) is 6.55. The summed E-state index contributed by atoms with van der Waals surface area (Å²) in [5.74, 6) is 0.606. The van der Waals surface area contributed by atoms with Gasteiger partial charge in [-0.15, -0.1) is 0 Å². The summed E-state index contributed by atoms with van der Waals surface area (Å²) in [4.78, 5) is 14.4. The molecule has 0 fully saturated rings. The smallest absolute Gasteiger partial charge is 0.243 e. The van der Waals surface area contributed by atoms with Crippen molar-refractivity contribution in [3.05, 3.63) is 54.1 Å². The van der Waals surface area contributed by atoms with Crippen LogP contribution in [0.4, 0.5) is 5.69 Å². The highest BCUT2D eigenvalue weighted by atomic mass is 32.2. The Morgan fingerprint density at radius 1 is 1.07 bits per heavy atom. The highest BCUT2D eigenvalue weighted by Crippen LogP contribution is 2.18. The number of rotatable bonds is 10. The molecule has 1 amide bonds. The van der Waals surface area contributed by atoms with Crippen molar-refractivity contribution < 1.29 is 17.9 Å². The van der Waals surface area contributed by atoms with E-state index in [-0.39, 0.29) is 17.3 Å². The lowest BCUT2D eigenvalue weighted by molar-refractivity contribution is -0.117. The van der Waals surface area contributed by atoms with Gasteiger partial charge in [0.15, 0.2) is 0 Å².